The van der Waals surface area contributed by atoms with Crippen molar-refractivity contribution in [2.75, 3.05) is 11.9 Å². The molecule has 0 saturated heterocycles. The Morgan fingerprint density at radius 2 is 1.50 bits per heavy atom. The molecule has 0 unspecified atom stereocenters. The van der Waals surface area contributed by atoms with E-state index in [2.05, 4.69) is 5.32 Å². The van der Waals surface area contributed by atoms with Gasteiger partial charge >= 0.3 is 0 Å². The molecule has 7 heteroatoms. The number of amides is 1. The summed E-state index contributed by atoms with van der Waals surface area (Å²) in [5.41, 5.74) is 1.74. The number of Topliss-reactive ketones (excluding diaryl/α,β-unsaturated/α-hetero) is 2. The Kier molecular flexibility index (Phi) is 6.72. The normalized spacial score (nSPS) is 20.4. The van der Waals surface area contributed by atoms with Crippen LogP contribution in [0.2, 0.25) is 5.02 Å². The number of benzene rings is 2. The molecule has 2 aromatic carbocycles. The van der Waals surface area contributed by atoms with Gasteiger partial charge in [0.2, 0.25) is 0 Å². The van der Waals surface area contributed by atoms with Gasteiger partial charge < -0.3 is 14.8 Å². The smallest absolute Gasteiger partial charge is 0.262 e. The first-order valence-corrected chi connectivity index (χ1v) is 13.3. The number of carbonyl (C=O) groups excluding carboxylic acids is 3. The number of hydrogen-bond acceptors (Lipinski definition) is 5. The van der Waals surface area contributed by atoms with E-state index in [0.717, 1.165) is 0 Å². The number of allylic oxidation sites excluding steroid dienone is 4. The molecule has 3 aliphatic rings. The third kappa shape index (κ3) is 5.28. The maximum atomic E-state index is 13.6. The van der Waals surface area contributed by atoms with Crippen LogP contribution < -0.4 is 10.1 Å². The molecular formula is C31H32ClNO5. The van der Waals surface area contributed by atoms with Gasteiger partial charge in [-0.3, -0.25) is 14.4 Å². The highest BCUT2D eigenvalue weighted by Gasteiger charge is 2.48. The number of ketones is 2. The van der Waals surface area contributed by atoms with E-state index in [4.69, 9.17) is 21.1 Å². The van der Waals surface area contributed by atoms with Crippen LogP contribution in [0.5, 0.6) is 5.75 Å². The zero-order valence-electron chi connectivity index (χ0n) is 22.2. The highest BCUT2D eigenvalue weighted by atomic mass is 35.5. The van der Waals surface area contributed by atoms with Gasteiger partial charge in [-0.2, -0.15) is 0 Å². The van der Waals surface area contributed by atoms with Gasteiger partial charge in [-0.1, -0.05) is 57.5 Å². The van der Waals surface area contributed by atoms with Crippen LogP contribution in [0.4, 0.5) is 5.69 Å². The summed E-state index contributed by atoms with van der Waals surface area (Å²) < 4.78 is 12.4. The molecule has 0 spiro atoms. The lowest BCUT2D eigenvalue weighted by molar-refractivity contribution is -0.121. The molecule has 1 amide bonds. The number of hydrogen-bond donors (Lipinski definition) is 1. The number of anilines is 1. The molecule has 0 aromatic heterocycles. The number of rotatable bonds is 5. The van der Waals surface area contributed by atoms with Crippen molar-refractivity contribution in [3.63, 3.8) is 0 Å². The molecule has 0 atom stereocenters. The molecule has 2 aromatic rings. The predicted octanol–water partition coefficient (Wildman–Crippen LogP) is 6.76. The molecule has 0 saturated carbocycles. The van der Waals surface area contributed by atoms with E-state index >= 15 is 0 Å². The van der Waals surface area contributed by atoms with Crippen molar-refractivity contribution in [2.45, 2.75) is 59.3 Å². The first kappa shape index (κ1) is 26.2. The van der Waals surface area contributed by atoms with E-state index in [-0.39, 0.29) is 34.9 Å². The lowest BCUT2D eigenvalue weighted by Crippen LogP contribution is -2.37. The third-order valence-electron chi connectivity index (χ3n) is 7.28. The van der Waals surface area contributed by atoms with Crippen LogP contribution in [0, 0.1) is 10.8 Å². The summed E-state index contributed by atoms with van der Waals surface area (Å²) >= 11 is 6.45. The predicted molar refractivity (Wildman–Crippen MR) is 146 cm³/mol. The fraction of sp³-hybridized carbons (Fsp3) is 0.387. The molecular weight excluding hydrogens is 502 g/mol. The summed E-state index contributed by atoms with van der Waals surface area (Å²) in [6.45, 7) is 7.95. The lowest BCUT2D eigenvalue weighted by atomic mass is 9.65. The minimum atomic E-state index is -0.660. The maximum Gasteiger partial charge on any atom is 0.262 e. The maximum absolute atomic E-state index is 13.6. The van der Waals surface area contributed by atoms with Gasteiger partial charge in [-0.25, -0.2) is 0 Å². The van der Waals surface area contributed by atoms with Crippen LogP contribution in [-0.4, -0.2) is 24.1 Å². The highest BCUT2D eigenvalue weighted by molar-refractivity contribution is 6.30. The number of carbonyl (C=O) groups is 3. The van der Waals surface area contributed by atoms with Gasteiger partial charge in [0.05, 0.1) is 5.92 Å². The van der Waals surface area contributed by atoms with Crippen molar-refractivity contribution >= 4 is 34.8 Å². The van der Waals surface area contributed by atoms with Gasteiger partial charge in [-0.05, 0) is 41.2 Å². The van der Waals surface area contributed by atoms with Crippen LogP contribution >= 0.6 is 11.6 Å². The van der Waals surface area contributed by atoms with E-state index in [0.29, 0.717) is 70.4 Å². The zero-order valence-corrected chi connectivity index (χ0v) is 22.9. The second-order valence-electron chi connectivity index (χ2n) is 12.0. The molecule has 2 aliphatic carbocycles. The largest absolute Gasteiger partial charge is 0.483 e. The zero-order chi connectivity index (χ0) is 27.2. The van der Waals surface area contributed by atoms with Gasteiger partial charge in [0, 0.05) is 53.1 Å². The van der Waals surface area contributed by atoms with E-state index in [1.54, 1.807) is 30.3 Å². The number of para-hydroxylation sites is 1. The third-order valence-corrected chi connectivity index (χ3v) is 7.52. The standard InChI is InChI=1S/C31H32ClNO5/c1-30(2)13-21(34)28-24(15-30)38-25-16-31(3,4)14-22(35)29(25)27(28)20-12-18(32)10-11-23(20)37-17-26(36)33-19-8-6-5-7-9-19/h5-12,27H,13-17H2,1-4H3,(H,33,36). The van der Waals surface area contributed by atoms with Crippen LogP contribution in [-0.2, 0) is 19.1 Å². The first-order chi connectivity index (χ1) is 17.9. The summed E-state index contributed by atoms with van der Waals surface area (Å²) in [6.07, 6.45) is 1.88. The van der Waals surface area contributed by atoms with E-state index in [1.165, 1.54) is 0 Å². The highest BCUT2D eigenvalue weighted by Crippen LogP contribution is 2.54. The molecule has 1 N–H and O–H groups in total. The molecule has 198 valence electrons. The monoisotopic (exact) mass is 533 g/mol. The average molecular weight is 534 g/mol. The Balaban J connectivity index is 1.55. The topological polar surface area (TPSA) is 81.7 Å². The molecule has 0 radical (unpaired) electrons. The Hall–Kier alpha value is -3.38. The van der Waals surface area contributed by atoms with Gasteiger partial charge in [0.25, 0.3) is 5.91 Å². The summed E-state index contributed by atoms with van der Waals surface area (Å²) in [7, 11) is 0. The van der Waals surface area contributed by atoms with Crippen molar-refractivity contribution in [1.29, 1.82) is 0 Å². The van der Waals surface area contributed by atoms with E-state index < -0.39 is 5.92 Å². The quantitative estimate of drug-likeness (QED) is 0.459. The van der Waals surface area contributed by atoms with Crippen molar-refractivity contribution in [1.82, 2.24) is 0 Å². The van der Waals surface area contributed by atoms with Crippen LogP contribution in [0.25, 0.3) is 0 Å². The van der Waals surface area contributed by atoms with Crippen molar-refractivity contribution < 1.29 is 23.9 Å². The first-order valence-electron chi connectivity index (χ1n) is 12.9. The average Bonchev–Trinajstić information content (AvgIpc) is 2.81. The van der Waals surface area contributed by atoms with Gasteiger partial charge in [0.15, 0.2) is 18.2 Å². The Morgan fingerprint density at radius 3 is 2.08 bits per heavy atom. The number of halogens is 1. The summed E-state index contributed by atoms with van der Waals surface area (Å²) in [6, 6.07) is 14.2. The molecule has 6 nitrogen and oxygen atoms in total. The van der Waals surface area contributed by atoms with Crippen LogP contribution in [0.3, 0.4) is 0 Å². The summed E-state index contributed by atoms with van der Waals surface area (Å²) in [4.78, 5) is 39.8. The second kappa shape index (κ2) is 9.73. The Bertz CT molecular complexity index is 1330. The number of nitrogens with one attached hydrogen (secondary N) is 1. The van der Waals surface area contributed by atoms with Crippen LogP contribution in [0.1, 0.15) is 64.9 Å². The van der Waals surface area contributed by atoms with Crippen LogP contribution in [0.15, 0.2) is 71.2 Å². The van der Waals surface area contributed by atoms with Gasteiger partial charge in [0.1, 0.15) is 17.3 Å². The van der Waals surface area contributed by atoms with Crippen molar-refractivity contribution in [3.8, 4) is 5.75 Å². The molecule has 0 fully saturated rings. The van der Waals surface area contributed by atoms with Crippen molar-refractivity contribution in [3.05, 3.63) is 81.8 Å². The SMILES string of the molecule is CC1(C)CC(=O)C2=C(C1)OC1=C(C(=O)CC(C)(C)C1)C2c1cc(Cl)ccc1OCC(=O)Nc1ccccc1. The number of ether oxygens (including phenoxy) is 2. The van der Waals surface area contributed by atoms with E-state index in [9.17, 15) is 14.4 Å². The fourth-order valence-corrected chi connectivity index (χ4v) is 5.90. The molecule has 0 bridgehead atoms. The van der Waals surface area contributed by atoms with Crippen molar-refractivity contribution in [2.24, 2.45) is 10.8 Å². The summed E-state index contributed by atoms with van der Waals surface area (Å²) in [5, 5.41) is 3.26. The second-order valence-corrected chi connectivity index (χ2v) is 12.4. The van der Waals surface area contributed by atoms with Gasteiger partial charge in [-0.15, -0.1) is 0 Å². The molecule has 5 rings (SSSR count). The molecule has 1 aliphatic heterocycles. The minimum Gasteiger partial charge on any atom is -0.483 e. The molecule has 38 heavy (non-hydrogen) atoms. The summed E-state index contributed by atoms with van der Waals surface area (Å²) in [5.74, 6) is 0.568. The van der Waals surface area contributed by atoms with E-state index in [1.807, 2.05) is 45.9 Å². The Labute approximate surface area is 228 Å². The minimum absolute atomic E-state index is 0.0434. The fourth-order valence-electron chi connectivity index (χ4n) is 5.72. The Morgan fingerprint density at radius 1 is 0.921 bits per heavy atom. The lowest BCUT2D eigenvalue weighted by Gasteiger charge is -2.43. The molecule has 1 heterocycles.